The minimum atomic E-state index is 0.0627. The van der Waals surface area contributed by atoms with Crippen molar-refractivity contribution in [3.8, 4) is 0 Å². The molecule has 0 heterocycles. The molecule has 0 aliphatic rings. The molecule has 3 aromatic rings. The van der Waals surface area contributed by atoms with E-state index >= 15 is 0 Å². The Hall–Kier alpha value is -2.87. The van der Waals surface area contributed by atoms with Crippen LogP contribution in [0.15, 0.2) is 72.8 Å². The van der Waals surface area contributed by atoms with Crippen LogP contribution in [0.25, 0.3) is 0 Å². The van der Waals surface area contributed by atoms with Crippen molar-refractivity contribution in [2.24, 2.45) is 0 Å². The highest BCUT2D eigenvalue weighted by Gasteiger charge is 2.09. The Morgan fingerprint density at radius 2 is 1.43 bits per heavy atom. The van der Waals surface area contributed by atoms with Gasteiger partial charge < -0.3 is 5.73 Å². The largest absolute Gasteiger partial charge is 0.399 e. The summed E-state index contributed by atoms with van der Waals surface area (Å²) in [5, 5.41) is 0. The van der Waals surface area contributed by atoms with Crippen molar-refractivity contribution in [2.75, 3.05) is 5.73 Å². The molecule has 0 aliphatic carbocycles. The van der Waals surface area contributed by atoms with E-state index in [2.05, 4.69) is 0 Å². The Kier molecular flexibility index (Phi) is 4.24. The fourth-order valence-electron chi connectivity index (χ4n) is 2.60. The van der Waals surface area contributed by atoms with Crippen LogP contribution in [0.5, 0.6) is 0 Å². The summed E-state index contributed by atoms with van der Waals surface area (Å²) >= 11 is 0. The fraction of sp³-hybridized carbons (Fsp3) is 0.0952. The molecule has 2 nitrogen and oxygen atoms in total. The fourth-order valence-corrected chi connectivity index (χ4v) is 2.60. The highest BCUT2D eigenvalue weighted by atomic mass is 16.1. The molecule has 0 unspecified atom stereocenters. The first-order valence-electron chi connectivity index (χ1n) is 7.66. The molecule has 0 bridgehead atoms. The summed E-state index contributed by atoms with van der Waals surface area (Å²) in [6.07, 6.45) is 0.833. The number of carbonyl (C=O) groups is 1. The van der Waals surface area contributed by atoms with Gasteiger partial charge in [0.25, 0.3) is 0 Å². The lowest BCUT2D eigenvalue weighted by molar-refractivity contribution is 0.103. The average Bonchev–Trinajstić information content (AvgIpc) is 2.57. The van der Waals surface area contributed by atoms with E-state index in [4.69, 9.17) is 5.73 Å². The number of carbonyl (C=O) groups excluding carboxylic acids is 1. The van der Waals surface area contributed by atoms with Crippen molar-refractivity contribution < 1.29 is 4.79 Å². The number of benzene rings is 3. The van der Waals surface area contributed by atoms with Gasteiger partial charge in [-0.1, -0.05) is 60.2 Å². The maximum atomic E-state index is 12.5. The van der Waals surface area contributed by atoms with E-state index in [0.717, 1.165) is 28.8 Å². The number of ketones is 1. The predicted molar refractivity (Wildman–Crippen MR) is 94.7 cm³/mol. The summed E-state index contributed by atoms with van der Waals surface area (Å²) in [5.74, 6) is 0.0627. The number of nitrogen functional groups attached to an aromatic ring is 1. The second-order valence-electron chi connectivity index (χ2n) is 5.81. The third-order valence-corrected chi connectivity index (χ3v) is 3.88. The highest BCUT2D eigenvalue weighted by Crippen LogP contribution is 2.15. The SMILES string of the molecule is Cc1cccc(C(=O)c2ccc(Cc3ccc(N)cc3)cc2)c1. The third-order valence-electron chi connectivity index (χ3n) is 3.88. The molecule has 2 N–H and O–H groups in total. The van der Waals surface area contributed by atoms with E-state index < -0.39 is 0 Å². The van der Waals surface area contributed by atoms with Crippen LogP contribution in [0.4, 0.5) is 5.69 Å². The molecule has 0 saturated heterocycles. The molecule has 114 valence electrons. The number of nitrogens with two attached hydrogens (primary N) is 1. The molecule has 3 rings (SSSR count). The van der Waals surface area contributed by atoms with E-state index in [1.807, 2.05) is 79.7 Å². The van der Waals surface area contributed by atoms with Gasteiger partial charge in [-0.05, 0) is 42.7 Å². The first-order valence-corrected chi connectivity index (χ1v) is 7.66. The van der Waals surface area contributed by atoms with Crippen molar-refractivity contribution in [3.63, 3.8) is 0 Å². The number of aryl methyl sites for hydroxylation is 1. The molecule has 0 spiro atoms. The van der Waals surface area contributed by atoms with E-state index in [-0.39, 0.29) is 5.78 Å². The summed E-state index contributed by atoms with van der Waals surface area (Å²) in [4.78, 5) is 12.5. The molecule has 0 aromatic heterocycles. The van der Waals surface area contributed by atoms with E-state index in [9.17, 15) is 4.79 Å². The third kappa shape index (κ3) is 3.67. The monoisotopic (exact) mass is 301 g/mol. The lowest BCUT2D eigenvalue weighted by Crippen LogP contribution is -2.01. The van der Waals surface area contributed by atoms with Crippen LogP contribution in [0.1, 0.15) is 32.6 Å². The van der Waals surface area contributed by atoms with Crippen LogP contribution in [0.3, 0.4) is 0 Å². The zero-order chi connectivity index (χ0) is 16.2. The zero-order valence-electron chi connectivity index (χ0n) is 13.1. The molecular formula is C21H19NO. The maximum absolute atomic E-state index is 12.5. The smallest absolute Gasteiger partial charge is 0.193 e. The van der Waals surface area contributed by atoms with Crippen molar-refractivity contribution in [3.05, 3.63) is 101 Å². The molecule has 0 fully saturated rings. The van der Waals surface area contributed by atoms with Gasteiger partial charge in [0, 0.05) is 16.8 Å². The lowest BCUT2D eigenvalue weighted by Gasteiger charge is -2.05. The quantitative estimate of drug-likeness (QED) is 0.573. The summed E-state index contributed by atoms with van der Waals surface area (Å²) in [7, 11) is 0. The van der Waals surface area contributed by atoms with Gasteiger partial charge in [-0.25, -0.2) is 0 Å². The normalized spacial score (nSPS) is 10.5. The maximum Gasteiger partial charge on any atom is 0.193 e. The average molecular weight is 301 g/mol. The van der Waals surface area contributed by atoms with Crippen molar-refractivity contribution in [2.45, 2.75) is 13.3 Å². The number of anilines is 1. The van der Waals surface area contributed by atoms with Gasteiger partial charge in [-0.15, -0.1) is 0 Å². The first-order chi connectivity index (χ1) is 11.1. The molecule has 23 heavy (non-hydrogen) atoms. The summed E-state index contributed by atoms with van der Waals surface area (Å²) in [6.45, 7) is 1.99. The Morgan fingerprint density at radius 1 is 0.826 bits per heavy atom. The van der Waals surface area contributed by atoms with Crippen LogP contribution < -0.4 is 5.73 Å². The minimum absolute atomic E-state index is 0.0627. The molecule has 3 aromatic carbocycles. The zero-order valence-corrected chi connectivity index (χ0v) is 13.1. The van der Waals surface area contributed by atoms with Gasteiger partial charge in [0.2, 0.25) is 0 Å². The summed E-state index contributed by atoms with van der Waals surface area (Å²) < 4.78 is 0. The highest BCUT2D eigenvalue weighted by molar-refractivity contribution is 6.09. The first kappa shape index (κ1) is 15.0. The number of hydrogen-bond acceptors (Lipinski definition) is 2. The standard InChI is InChI=1S/C21H19NO/c1-15-3-2-4-19(13-15)21(23)18-9-5-16(6-10-18)14-17-7-11-20(22)12-8-17/h2-13H,14,22H2,1H3. The van der Waals surface area contributed by atoms with Gasteiger partial charge in [0.15, 0.2) is 5.78 Å². The molecule has 2 heteroatoms. The Labute approximate surface area is 136 Å². The molecule has 0 saturated carbocycles. The van der Waals surface area contributed by atoms with Crippen molar-refractivity contribution in [1.82, 2.24) is 0 Å². The minimum Gasteiger partial charge on any atom is -0.399 e. The van der Waals surface area contributed by atoms with Crippen LogP contribution >= 0.6 is 0 Å². The molecule has 0 radical (unpaired) electrons. The Balaban J connectivity index is 1.76. The van der Waals surface area contributed by atoms with Gasteiger partial charge in [0.05, 0.1) is 0 Å². The van der Waals surface area contributed by atoms with Gasteiger partial charge in [-0.3, -0.25) is 4.79 Å². The Morgan fingerprint density at radius 3 is 2.04 bits per heavy atom. The van der Waals surface area contributed by atoms with Crippen LogP contribution in [0, 0.1) is 6.92 Å². The van der Waals surface area contributed by atoms with Crippen LogP contribution in [-0.4, -0.2) is 5.78 Å². The van der Waals surface area contributed by atoms with Crippen molar-refractivity contribution >= 4 is 11.5 Å². The summed E-state index contributed by atoms with van der Waals surface area (Å²) in [5.41, 5.74) is 11.4. The molecule has 0 amide bonds. The number of hydrogen-bond donors (Lipinski definition) is 1. The van der Waals surface area contributed by atoms with E-state index in [1.165, 1.54) is 11.1 Å². The lowest BCUT2D eigenvalue weighted by atomic mass is 9.98. The van der Waals surface area contributed by atoms with E-state index in [1.54, 1.807) is 0 Å². The van der Waals surface area contributed by atoms with Crippen LogP contribution in [0.2, 0.25) is 0 Å². The second kappa shape index (κ2) is 6.49. The van der Waals surface area contributed by atoms with Gasteiger partial charge in [0.1, 0.15) is 0 Å². The van der Waals surface area contributed by atoms with Gasteiger partial charge in [-0.2, -0.15) is 0 Å². The Bertz CT molecular complexity index is 817. The molecule has 0 atom stereocenters. The second-order valence-corrected chi connectivity index (χ2v) is 5.81. The topological polar surface area (TPSA) is 43.1 Å². The molecule has 0 aliphatic heterocycles. The predicted octanol–water partition coefficient (Wildman–Crippen LogP) is 4.40. The number of rotatable bonds is 4. The van der Waals surface area contributed by atoms with Gasteiger partial charge >= 0.3 is 0 Å². The molecular weight excluding hydrogens is 282 g/mol. The van der Waals surface area contributed by atoms with E-state index in [0.29, 0.717) is 0 Å². The van der Waals surface area contributed by atoms with Crippen molar-refractivity contribution in [1.29, 1.82) is 0 Å². The van der Waals surface area contributed by atoms with Crippen LogP contribution in [-0.2, 0) is 6.42 Å². The summed E-state index contributed by atoms with van der Waals surface area (Å²) in [6, 6.07) is 23.4.